The maximum absolute atomic E-state index is 13.3. The number of anilines is 1. The second kappa shape index (κ2) is 6.31. The van der Waals surface area contributed by atoms with E-state index in [4.69, 9.17) is 5.73 Å². The lowest BCUT2D eigenvalue weighted by atomic mass is 10.1. The summed E-state index contributed by atoms with van der Waals surface area (Å²) < 4.78 is 13.3. The lowest BCUT2D eigenvalue weighted by molar-refractivity contribution is -0.385. The second-order valence-electron chi connectivity index (χ2n) is 4.50. The van der Waals surface area contributed by atoms with Crippen LogP contribution in [-0.4, -0.2) is 28.3 Å². The molecule has 1 aromatic carbocycles. The fourth-order valence-electron chi connectivity index (χ4n) is 1.93. The molecule has 2 N–H and O–H groups in total. The van der Waals surface area contributed by atoms with Crippen molar-refractivity contribution in [2.24, 2.45) is 0 Å². The van der Waals surface area contributed by atoms with E-state index in [1.54, 1.807) is 6.92 Å². The molecule has 0 aromatic heterocycles. The Morgan fingerprint density at radius 3 is 2.55 bits per heavy atom. The molecule has 6 nitrogen and oxygen atoms in total. The molecule has 20 heavy (non-hydrogen) atoms. The Morgan fingerprint density at radius 2 is 2.10 bits per heavy atom. The van der Waals surface area contributed by atoms with Crippen LogP contribution in [0.2, 0.25) is 0 Å². The largest absolute Gasteiger partial charge is 0.396 e. The van der Waals surface area contributed by atoms with E-state index in [0.29, 0.717) is 19.0 Å². The smallest absolute Gasteiger partial charge is 0.285 e. The third-order valence-corrected chi connectivity index (χ3v) is 3.27. The zero-order chi connectivity index (χ0) is 15.4. The number of nitrogens with zero attached hydrogens (tertiary/aromatic N) is 2. The summed E-state index contributed by atoms with van der Waals surface area (Å²) in [6.07, 6.45) is 0.712. The molecule has 0 aliphatic rings. The lowest BCUT2D eigenvalue weighted by Crippen LogP contribution is -2.38. The lowest BCUT2D eigenvalue weighted by Gasteiger charge is -2.27. The fraction of sp³-hybridized carbons (Fsp3) is 0.462. The number of nitrogens with two attached hydrogens (primary N) is 1. The minimum absolute atomic E-state index is 0.0709. The summed E-state index contributed by atoms with van der Waals surface area (Å²) in [5, 5.41) is 11.0. The predicted octanol–water partition coefficient (Wildman–Crippen LogP) is 2.58. The monoisotopic (exact) mass is 283 g/mol. The standard InChI is InChI=1S/C13H18FN3O3/c1-4-8(3)16(5-2)13(18)9-6-11(15)10(14)7-12(9)17(19)20/h6-8H,4-5,15H2,1-3H3. The second-order valence-corrected chi connectivity index (χ2v) is 4.50. The van der Waals surface area contributed by atoms with Gasteiger partial charge in [0.05, 0.1) is 16.7 Å². The number of carbonyl (C=O) groups is 1. The molecule has 0 saturated carbocycles. The van der Waals surface area contributed by atoms with Crippen molar-refractivity contribution in [3.05, 3.63) is 33.6 Å². The van der Waals surface area contributed by atoms with E-state index in [-0.39, 0.29) is 17.3 Å². The molecule has 0 fully saturated rings. The van der Waals surface area contributed by atoms with Gasteiger partial charge in [-0.15, -0.1) is 0 Å². The molecule has 1 rings (SSSR count). The predicted molar refractivity (Wildman–Crippen MR) is 73.9 cm³/mol. The highest BCUT2D eigenvalue weighted by Gasteiger charge is 2.27. The van der Waals surface area contributed by atoms with Crippen molar-refractivity contribution in [1.29, 1.82) is 0 Å². The van der Waals surface area contributed by atoms with Gasteiger partial charge in [-0.3, -0.25) is 14.9 Å². The van der Waals surface area contributed by atoms with E-state index < -0.39 is 22.3 Å². The van der Waals surface area contributed by atoms with Crippen LogP contribution in [-0.2, 0) is 0 Å². The average molecular weight is 283 g/mol. The van der Waals surface area contributed by atoms with Crippen LogP contribution in [0.15, 0.2) is 12.1 Å². The number of hydrogen-bond donors (Lipinski definition) is 1. The zero-order valence-corrected chi connectivity index (χ0v) is 11.7. The normalized spacial score (nSPS) is 12.0. The molecule has 0 aliphatic carbocycles. The van der Waals surface area contributed by atoms with Gasteiger partial charge in [-0.05, 0) is 26.3 Å². The highest BCUT2D eigenvalue weighted by atomic mass is 19.1. The van der Waals surface area contributed by atoms with Crippen LogP contribution >= 0.6 is 0 Å². The van der Waals surface area contributed by atoms with E-state index in [1.165, 1.54) is 4.90 Å². The Hall–Kier alpha value is -2.18. The van der Waals surface area contributed by atoms with Gasteiger partial charge in [0.15, 0.2) is 5.82 Å². The van der Waals surface area contributed by atoms with E-state index in [2.05, 4.69) is 0 Å². The zero-order valence-electron chi connectivity index (χ0n) is 11.7. The number of nitrogen functional groups attached to an aromatic ring is 1. The van der Waals surface area contributed by atoms with E-state index in [9.17, 15) is 19.3 Å². The first-order valence-corrected chi connectivity index (χ1v) is 6.37. The summed E-state index contributed by atoms with van der Waals surface area (Å²) in [6.45, 7) is 5.94. The Balaban J connectivity index is 3.33. The van der Waals surface area contributed by atoms with Crippen LogP contribution in [0.5, 0.6) is 0 Å². The maximum Gasteiger partial charge on any atom is 0.285 e. The number of hydrogen-bond acceptors (Lipinski definition) is 4. The Kier molecular flexibility index (Phi) is 5.01. The van der Waals surface area contributed by atoms with Crippen LogP contribution in [0.1, 0.15) is 37.6 Å². The van der Waals surface area contributed by atoms with Crippen LogP contribution in [0.25, 0.3) is 0 Å². The summed E-state index contributed by atoms with van der Waals surface area (Å²) >= 11 is 0. The molecule has 0 heterocycles. The van der Waals surface area contributed by atoms with Gasteiger partial charge in [0, 0.05) is 12.6 Å². The Bertz CT molecular complexity index is 534. The molecule has 0 saturated heterocycles. The SMILES string of the molecule is CCC(C)N(CC)C(=O)c1cc(N)c(F)cc1[N+](=O)[O-]. The summed E-state index contributed by atoms with van der Waals surface area (Å²) in [6, 6.07) is 1.65. The Labute approximate surface area is 116 Å². The molecule has 1 amide bonds. The highest BCUT2D eigenvalue weighted by Crippen LogP contribution is 2.26. The molecule has 1 aromatic rings. The third-order valence-electron chi connectivity index (χ3n) is 3.27. The van der Waals surface area contributed by atoms with Crippen molar-refractivity contribution in [2.45, 2.75) is 33.2 Å². The molecule has 0 radical (unpaired) electrons. The van der Waals surface area contributed by atoms with E-state index in [0.717, 1.165) is 6.07 Å². The van der Waals surface area contributed by atoms with Crippen molar-refractivity contribution < 1.29 is 14.1 Å². The first kappa shape index (κ1) is 15.9. The quantitative estimate of drug-likeness (QED) is 0.511. The van der Waals surface area contributed by atoms with Gasteiger partial charge in [0.1, 0.15) is 5.56 Å². The average Bonchev–Trinajstić information content (AvgIpc) is 2.41. The molecular weight excluding hydrogens is 265 g/mol. The van der Waals surface area contributed by atoms with Crippen LogP contribution in [0.3, 0.4) is 0 Å². The highest BCUT2D eigenvalue weighted by molar-refractivity contribution is 5.99. The molecule has 0 spiro atoms. The molecule has 0 bridgehead atoms. The molecule has 110 valence electrons. The molecule has 1 atom stereocenters. The summed E-state index contributed by atoms with van der Waals surface area (Å²) in [7, 11) is 0. The van der Waals surface area contributed by atoms with Crippen molar-refractivity contribution in [2.75, 3.05) is 12.3 Å². The van der Waals surface area contributed by atoms with Gasteiger partial charge >= 0.3 is 0 Å². The number of carbonyl (C=O) groups excluding carboxylic acids is 1. The summed E-state index contributed by atoms with van der Waals surface area (Å²) in [5.74, 6) is -1.42. The number of nitro groups is 1. The number of rotatable bonds is 5. The van der Waals surface area contributed by atoms with Crippen molar-refractivity contribution in [3.8, 4) is 0 Å². The van der Waals surface area contributed by atoms with Crippen LogP contribution < -0.4 is 5.73 Å². The summed E-state index contributed by atoms with van der Waals surface area (Å²) in [5.41, 5.74) is 4.38. The minimum Gasteiger partial charge on any atom is -0.396 e. The van der Waals surface area contributed by atoms with Crippen LogP contribution in [0.4, 0.5) is 15.8 Å². The Morgan fingerprint density at radius 1 is 1.50 bits per heavy atom. The van der Waals surface area contributed by atoms with Gasteiger partial charge in [-0.25, -0.2) is 4.39 Å². The number of halogens is 1. The number of nitro benzene ring substituents is 1. The van der Waals surface area contributed by atoms with Crippen molar-refractivity contribution >= 4 is 17.3 Å². The van der Waals surface area contributed by atoms with Gasteiger partial charge in [-0.1, -0.05) is 6.92 Å². The van der Waals surface area contributed by atoms with Crippen molar-refractivity contribution in [3.63, 3.8) is 0 Å². The fourth-order valence-corrected chi connectivity index (χ4v) is 1.93. The molecule has 7 heteroatoms. The number of benzene rings is 1. The van der Waals surface area contributed by atoms with E-state index in [1.807, 2.05) is 13.8 Å². The first-order chi connectivity index (χ1) is 9.33. The van der Waals surface area contributed by atoms with E-state index >= 15 is 0 Å². The molecule has 0 aliphatic heterocycles. The van der Waals surface area contributed by atoms with Crippen molar-refractivity contribution in [1.82, 2.24) is 4.90 Å². The summed E-state index contributed by atoms with van der Waals surface area (Å²) in [4.78, 5) is 24.1. The topological polar surface area (TPSA) is 89.5 Å². The maximum atomic E-state index is 13.3. The molecule has 1 unspecified atom stereocenters. The van der Waals surface area contributed by atoms with Gasteiger partial charge in [0.25, 0.3) is 11.6 Å². The third kappa shape index (κ3) is 3.04. The minimum atomic E-state index is -0.903. The molecular formula is C13H18FN3O3. The number of amides is 1. The van der Waals surface area contributed by atoms with Crippen LogP contribution in [0, 0.1) is 15.9 Å². The first-order valence-electron chi connectivity index (χ1n) is 6.37. The van der Waals surface area contributed by atoms with Gasteiger partial charge in [0.2, 0.25) is 0 Å². The van der Waals surface area contributed by atoms with Gasteiger partial charge < -0.3 is 10.6 Å². The van der Waals surface area contributed by atoms with Gasteiger partial charge in [-0.2, -0.15) is 0 Å².